The summed E-state index contributed by atoms with van der Waals surface area (Å²) in [5, 5.41) is 2.90. The maximum atomic E-state index is 11.9. The van der Waals surface area contributed by atoms with Crippen molar-refractivity contribution >= 4 is 12.0 Å². The number of rotatable bonds is 3. The van der Waals surface area contributed by atoms with Crippen LogP contribution in [-0.4, -0.2) is 53.6 Å². The van der Waals surface area contributed by atoms with Crippen LogP contribution in [0.3, 0.4) is 0 Å². The lowest BCUT2D eigenvalue weighted by Gasteiger charge is -2.34. The molecule has 6 heteroatoms. The van der Waals surface area contributed by atoms with Gasteiger partial charge in [-0.05, 0) is 44.1 Å². The van der Waals surface area contributed by atoms with Crippen molar-refractivity contribution in [2.24, 2.45) is 11.8 Å². The second-order valence-electron chi connectivity index (χ2n) is 6.20. The molecule has 22 heavy (non-hydrogen) atoms. The predicted octanol–water partition coefficient (Wildman–Crippen LogP) is 1.74. The number of hydrogen-bond acceptors (Lipinski definition) is 4. The number of nitrogens with one attached hydrogen (secondary N) is 1. The van der Waals surface area contributed by atoms with E-state index >= 15 is 0 Å². The number of hydrogen-bond donors (Lipinski definition) is 1. The van der Waals surface area contributed by atoms with Gasteiger partial charge in [-0.3, -0.25) is 0 Å². The number of anilines is 1. The fraction of sp³-hybridized carbons (Fsp3) is 0.688. The summed E-state index contributed by atoms with van der Waals surface area (Å²) in [5.41, 5.74) is 0. The highest BCUT2D eigenvalue weighted by Crippen LogP contribution is 2.32. The van der Waals surface area contributed by atoms with Gasteiger partial charge in [-0.25, -0.2) is 14.8 Å². The molecule has 2 aliphatic heterocycles. The Bertz CT molecular complexity index is 487. The van der Waals surface area contributed by atoms with Crippen LogP contribution in [-0.2, 0) is 0 Å². The lowest BCUT2D eigenvalue weighted by molar-refractivity contribution is 0.202. The van der Waals surface area contributed by atoms with Gasteiger partial charge in [-0.15, -0.1) is 0 Å². The molecule has 1 N–H and O–H groups in total. The molecule has 1 aromatic rings. The van der Waals surface area contributed by atoms with E-state index in [1.165, 1.54) is 12.8 Å². The fourth-order valence-electron chi connectivity index (χ4n) is 3.64. The summed E-state index contributed by atoms with van der Waals surface area (Å²) in [6.07, 6.45) is 7.09. The van der Waals surface area contributed by atoms with E-state index in [4.69, 9.17) is 0 Å². The van der Waals surface area contributed by atoms with E-state index in [1.807, 2.05) is 17.9 Å². The van der Waals surface area contributed by atoms with Crippen molar-refractivity contribution < 1.29 is 4.79 Å². The molecule has 0 unspecified atom stereocenters. The second kappa shape index (κ2) is 6.94. The molecular formula is C16H25N5O. The molecule has 0 bridgehead atoms. The molecule has 6 nitrogen and oxygen atoms in total. The first-order chi connectivity index (χ1) is 10.8. The third-order valence-electron chi connectivity index (χ3n) is 4.88. The Morgan fingerprint density at radius 3 is 2.55 bits per heavy atom. The van der Waals surface area contributed by atoms with Crippen LogP contribution in [0.4, 0.5) is 10.7 Å². The van der Waals surface area contributed by atoms with E-state index in [0.717, 1.165) is 44.5 Å². The molecule has 0 radical (unpaired) electrons. The lowest BCUT2D eigenvalue weighted by Crippen LogP contribution is -2.40. The normalized spacial score (nSPS) is 22.9. The summed E-state index contributed by atoms with van der Waals surface area (Å²) in [6, 6.07) is 1.95. The number of aromatic nitrogens is 2. The quantitative estimate of drug-likeness (QED) is 0.924. The van der Waals surface area contributed by atoms with Crippen molar-refractivity contribution in [2.45, 2.75) is 26.2 Å². The van der Waals surface area contributed by atoms with Crippen molar-refractivity contribution in [1.82, 2.24) is 20.2 Å². The van der Waals surface area contributed by atoms with Gasteiger partial charge in [0.25, 0.3) is 0 Å². The van der Waals surface area contributed by atoms with Crippen LogP contribution >= 0.6 is 0 Å². The molecule has 2 aliphatic rings. The first kappa shape index (κ1) is 15.1. The summed E-state index contributed by atoms with van der Waals surface area (Å²) in [5.74, 6) is 2.22. The summed E-state index contributed by atoms with van der Waals surface area (Å²) in [7, 11) is 0. The van der Waals surface area contributed by atoms with Crippen molar-refractivity contribution in [1.29, 1.82) is 0 Å². The molecular weight excluding hydrogens is 278 g/mol. The molecule has 1 aromatic heterocycles. The highest BCUT2D eigenvalue weighted by molar-refractivity contribution is 5.74. The topological polar surface area (TPSA) is 61.4 Å². The van der Waals surface area contributed by atoms with Crippen molar-refractivity contribution in [3.05, 3.63) is 18.5 Å². The number of carbonyl (C=O) groups is 1. The molecule has 1 atom stereocenters. The van der Waals surface area contributed by atoms with Gasteiger partial charge in [0, 0.05) is 45.1 Å². The highest BCUT2D eigenvalue weighted by atomic mass is 16.2. The molecule has 0 aromatic carbocycles. The smallest absolute Gasteiger partial charge is 0.317 e. The summed E-state index contributed by atoms with van der Waals surface area (Å²) in [6.45, 7) is 6.53. The molecule has 2 amide bonds. The fourth-order valence-corrected chi connectivity index (χ4v) is 3.64. The molecule has 120 valence electrons. The standard InChI is InChI=1S/C16H25N5O/c1-2-17-16(22)21-11-6-14(12-21)13-4-9-20(10-5-13)15-18-7-3-8-19-15/h3,7-8,13-14H,2,4-6,9-12H2,1H3,(H,17,22)/t14-/m0/s1. The number of piperidine rings is 1. The number of likely N-dealkylation sites (tertiary alicyclic amines) is 1. The van der Waals surface area contributed by atoms with E-state index in [1.54, 1.807) is 12.4 Å². The zero-order valence-electron chi connectivity index (χ0n) is 13.2. The van der Waals surface area contributed by atoms with E-state index in [9.17, 15) is 4.79 Å². The maximum Gasteiger partial charge on any atom is 0.317 e. The van der Waals surface area contributed by atoms with Crippen LogP contribution < -0.4 is 10.2 Å². The van der Waals surface area contributed by atoms with Gasteiger partial charge in [0.05, 0.1) is 0 Å². The first-order valence-corrected chi connectivity index (χ1v) is 8.32. The number of nitrogens with zero attached hydrogens (tertiary/aromatic N) is 4. The molecule has 0 saturated carbocycles. The summed E-state index contributed by atoms with van der Waals surface area (Å²) < 4.78 is 0. The SMILES string of the molecule is CCNC(=O)N1CC[C@H](C2CCN(c3ncccn3)CC2)C1. The maximum absolute atomic E-state index is 11.9. The Balaban J connectivity index is 1.49. The second-order valence-corrected chi connectivity index (χ2v) is 6.20. The van der Waals surface area contributed by atoms with E-state index < -0.39 is 0 Å². The Hall–Kier alpha value is -1.85. The number of urea groups is 1. The van der Waals surface area contributed by atoms with Gasteiger partial charge >= 0.3 is 6.03 Å². The largest absolute Gasteiger partial charge is 0.341 e. The van der Waals surface area contributed by atoms with Crippen LogP contribution in [0.5, 0.6) is 0 Å². The Morgan fingerprint density at radius 1 is 1.18 bits per heavy atom. The van der Waals surface area contributed by atoms with Gasteiger partial charge in [-0.1, -0.05) is 0 Å². The zero-order valence-corrected chi connectivity index (χ0v) is 13.2. The van der Waals surface area contributed by atoms with Crippen LogP contribution in [0, 0.1) is 11.8 Å². The van der Waals surface area contributed by atoms with Crippen LogP contribution in [0.2, 0.25) is 0 Å². The first-order valence-electron chi connectivity index (χ1n) is 8.32. The third-order valence-corrected chi connectivity index (χ3v) is 4.88. The van der Waals surface area contributed by atoms with Crippen LogP contribution in [0.25, 0.3) is 0 Å². The lowest BCUT2D eigenvalue weighted by atomic mass is 9.84. The predicted molar refractivity (Wildman–Crippen MR) is 85.7 cm³/mol. The Kier molecular flexibility index (Phi) is 4.75. The highest BCUT2D eigenvalue weighted by Gasteiger charge is 2.33. The summed E-state index contributed by atoms with van der Waals surface area (Å²) >= 11 is 0. The Labute approximate surface area is 131 Å². The average molecular weight is 303 g/mol. The monoisotopic (exact) mass is 303 g/mol. The van der Waals surface area contributed by atoms with E-state index in [0.29, 0.717) is 12.5 Å². The molecule has 0 spiro atoms. The molecule has 2 saturated heterocycles. The van der Waals surface area contributed by atoms with E-state index in [-0.39, 0.29) is 6.03 Å². The minimum Gasteiger partial charge on any atom is -0.341 e. The van der Waals surface area contributed by atoms with Crippen molar-refractivity contribution in [3.8, 4) is 0 Å². The molecule has 2 fully saturated rings. The van der Waals surface area contributed by atoms with Gasteiger partial charge in [-0.2, -0.15) is 0 Å². The Morgan fingerprint density at radius 2 is 1.86 bits per heavy atom. The van der Waals surface area contributed by atoms with Gasteiger partial charge < -0.3 is 15.1 Å². The van der Waals surface area contributed by atoms with Crippen LogP contribution in [0.1, 0.15) is 26.2 Å². The minimum atomic E-state index is 0.0973. The molecule has 3 heterocycles. The molecule has 0 aliphatic carbocycles. The van der Waals surface area contributed by atoms with Gasteiger partial charge in [0.1, 0.15) is 0 Å². The number of amides is 2. The van der Waals surface area contributed by atoms with Gasteiger partial charge in [0.2, 0.25) is 5.95 Å². The van der Waals surface area contributed by atoms with Crippen molar-refractivity contribution in [3.63, 3.8) is 0 Å². The zero-order chi connectivity index (χ0) is 15.4. The van der Waals surface area contributed by atoms with E-state index in [2.05, 4.69) is 20.2 Å². The van der Waals surface area contributed by atoms with Crippen LogP contribution in [0.15, 0.2) is 18.5 Å². The molecule has 3 rings (SSSR count). The number of carbonyl (C=O) groups excluding carboxylic acids is 1. The summed E-state index contributed by atoms with van der Waals surface area (Å²) in [4.78, 5) is 24.8. The third kappa shape index (κ3) is 3.31. The minimum absolute atomic E-state index is 0.0973. The van der Waals surface area contributed by atoms with Gasteiger partial charge in [0.15, 0.2) is 0 Å². The van der Waals surface area contributed by atoms with Crippen molar-refractivity contribution in [2.75, 3.05) is 37.6 Å². The average Bonchev–Trinajstić information content (AvgIpc) is 3.06.